The number of hydrogen-bond acceptors (Lipinski definition) is 4. The first-order valence-electron chi connectivity index (χ1n) is 10.8. The third kappa shape index (κ3) is 4.19. The average Bonchev–Trinajstić information content (AvgIpc) is 2.91. The predicted molar refractivity (Wildman–Crippen MR) is 127 cm³/mol. The largest absolute Gasteiger partial charge is 0.374 e. The molecule has 0 spiro atoms. The first kappa shape index (κ1) is 21.1. The zero-order chi connectivity index (χ0) is 20.9. The van der Waals surface area contributed by atoms with Gasteiger partial charge in [-0.05, 0) is 82.2 Å². The monoisotopic (exact) mass is 431 g/mol. The molecule has 29 heavy (non-hydrogen) atoms. The molecule has 2 heterocycles. The lowest BCUT2D eigenvalue weighted by Gasteiger charge is -2.42. The number of para-hydroxylation sites is 1. The number of benzene rings is 1. The fourth-order valence-corrected chi connectivity index (χ4v) is 9.09. The third-order valence-electron chi connectivity index (χ3n) is 5.71. The van der Waals surface area contributed by atoms with Crippen LogP contribution in [0.5, 0.6) is 0 Å². The van der Waals surface area contributed by atoms with E-state index in [-0.39, 0.29) is 11.0 Å². The minimum atomic E-state index is -2.53. The topological polar surface area (TPSA) is 28.1 Å². The first-order valence-corrected chi connectivity index (χ1v) is 13.5. The van der Waals surface area contributed by atoms with Crippen molar-refractivity contribution in [2.45, 2.75) is 72.3 Å². The van der Waals surface area contributed by atoms with Gasteiger partial charge in [0.1, 0.15) is 0 Å². The molecule has 1 aromatic carbocycles. The van der Waals surface area contributed by atoms with Gasteiger partial charge < -0.3 is 9.42 Å². The molecule has 0 aromatic heterocycles. The van der Waals surface area contributed by atoms with Crippen LogP contribution in [-0.4, -0.2) is 29.3 Å². The van der Waals surface area contributed by atoms with Crippen molar-refractivity contribution in [1.82, 2.24) is 4.90 Å². The van der Waals surface area contributed by atoms with Crippen molar-refractivity contribution < 1.29 is 4.52 Å². The molecule has 1 fully saturated rings. The second-order valence-corrected chi connectivity index (χ2v) is 13.8. The zero-order valence-electron chi connectivity index (χ0n) is 18.4. The van der Waals surface area contributed by atoms with Crippen molar-refractivity contribution in [3.8, 4) is 0 Å². The average molecular weight is 432 g/mol. The molecular formula is C23H34N3OPS. The molecule has 3 aliphatic rings. The fourth-order valence-electron chi connectivity index (χ4n) is 4.63. The van der Waals surface area contributed by atoms with Gasteiger partial charge in [-0.3, -0.25) is 0 Å². The van der Waals surface area contributed by atoms with Crippen LogP contribution in [0.3, 0.4) is 0 Å². The van der Waals surface area contributed by atoms with Crippen LogP contribution in [0, 0.1) is 5.41 Å². The van der Waals surface area contributed by atoms with E-state index in [1.807, 2.05) is 6.07 Å². The molecule has 6 heteroatoms. The van der Waals surface area contributed by atoms with E-state index >= 15 is 0 Å². The van der Waals surface area contributed by atoms with Gasteiger partial charge in [-0.15, -0.1) is 0 Å². The van der Waals surface area contributed by atoms with Crippen LogP contribution < -0.4 is 4.78 Å². The first-order chi connectivity index (χ1) is 13.6. The summed E-state index contributed by atoms with van der Waals surface area (Å²) >= 11 is 6.45. The molecule has 158 valence electrons. The van der Waals surface area contributed by atoms with Crippen molar-refractivity contribution in [2.75, 3.05) is 17.9 Å². The maximum atomic E-state index is 6.76. The van der Waals surface area contributed by atoms with Crippen molar-refractivity contribution in [2.24, 2.45) is 10.5 Å². The third-order valence-corrected chi connectivity index (χ3v) is 9.64. The number of likely N-dealkylation sites (tertiary alicyclic amines) is 1. The van der Waals surface area contributed by atoms with E-state index in [1.54, 1.807) is 0 Å². The van der Waals surface area contributed by atoms with E-state index in [9.17, 15) is 0 Å². The number of allylic oxidation sites excluding steroid dienone is 2. The van der Waals surface area contributed by atoms with Gasteiger partial charge >= 0.3 is 0 Å². The lowest BCUT2D eigenvalue weighted by Crippen LogP contribution is -2.36. The minimum absolute atomic E-state index is 0.184. The highest BCUT2D eigenvalue weighted by Crippen LogP contribution is 2.69. The number of rotatable bonds is 3. The van der Waals surface area contributed by atoms with Gasteiger partial charge in [0.05, 0.1) is 22.3 Å². The summed E-state index contributed by atoms with van der Waals surface area (Å²) in [5.74, 6) is 0. The molecule has 4 nitrogen and oxygen atoms in total. The van der Waals surface area contributed by atoms with Crippen molar-refractivity contribution >= 4 is 29.6 Å². The fraction of sp³-hybridized carbons (Fsp3) is 0.609. The van der Waals surface area contributed by atoms with Crippen molar-refractivity contribution in [3.63, 3.8) is 0 Å². The van der Waals surface area contributed by atoms with Gasteiger partial charge in [0.2, 0.25) is 6.42 Å². The predicted octanol–water partition coefficient (Wildman–Crippen LogP) is 6.50. The van der Waals surface area contributed by atoms with E-state index in [0.717, 1.165) is 37.3 Å². The number of fused-ring (bicyclic) bond motifs is 1. The lowest BCUT2D eigenvalue weighted by molar-refractivity contribution is 0.150. The van der Waals surface area contributed by atoms with Crippen LogP contribution in [0.2, 0.25) is 0 Å². The number of hydrazone groups is 1. The Morgan fingerprint density at radius 2 is 1.69 bits per heavy atom. The highest BCUT2D eigenvalue weighted by Gasteiger charge is 2.49. The molecule has 0 unspecified atom stereocenters. The standard InChI is InChI=1S/C23H34N3OPS/c1-22(2,3)27-28(29)21-19(24-26(28)18-12-8-6-9-13-18)16-23(4,5)17-20(21)25-14-10-7-11-15-25/h6,8-9,12-13H,7,10-11,14-17H2,1-5H3/t28-/m1/s1. The molecule has 2 aliphatic heterocycles. The summed E-state index contributed by atoms with van der Waals surface area (Å²) in [6.45, 7) is 13.3. The van der Waals surface area contributed by atoms with Gasteiger partial charge in [-0.1, -0.05) is 32.0 Å². The molecule has 1 atom stereocenters. The van der Waals surface area contributed by atoms with E-state index in [2.05, 4.69) is 68.6 Å². The second-order valence-electron chi connectivity index (χ2n) is 10.3. The number of piperidine rings is 1. The molecular weight excluding hydrogens is 397 g/mol. The maximum Gasteiger partial charge on any atom is 0.210 e. The molecule has 1 saturated heterocycles. The van der Waals surface area contributed by atoms with Crippen molar-refractivity contribution in [1.29, 1.82) is 0 Å². The molecule has 0 bridgehead atoms. The van der Waals surface area contributed by atoms with Gasteiger partial charge in [-0.2, -0.15) is 5.10 Å². The summed E-state index contributed by atoms with van der Waals surface area (Å²) in [4.78, 5) is 2.59. The Bertz CT molecular complexity index is 879. The van der Waals surface area contributed by atoms with Gasteiger partial charge in [0.25, 0.3) is 0 Å². The smallest absolute Gasteiger partial charge is 0.210 e. The van der Waals surface area contributed by atoms with E-state index in [0.29, 0.717) is 0 Å². The number of anilines is 1. The normalized spacial score (nSPS) is 27.1. The van der Waals surface area contributed by atoms with Gasteiger partial charge in [-0.25, -0.2) is 4.78 Å². The van der Waals surface area contributed by atoms with E-state index < -0.39 is 6.42 Å². The molecule has 0 saturated carbocycles. The van der Waals surface area contributed by atoms with Crippen LogP contribution in [0.1, 0.15) is 66.7 Å². The SMILES string of the molecule is CC1(C)CC2=NN(c3ccccc3)[P@@](=S)(OC(C)(C)C)C2=C(N2CCCCC2)C1. The molecule has 1 aromatic rings. The Kier molecular flexibility index (Phi) is 5.46. The summed E-state index contributed by atoms with van der Waals surface area (Å²) in [6.07, 6.45) is 3.32. The minimum Gasteiger partial charge on any atom is -0.374 e. The van der Waals surface area contributed by atoms with Crippen LogP contribution >= 0.6 is 6.42 Å². The highest BCUT2D eigenvalue weighted by molar-refractivity contribution is 8.15. The van der Waals surface area contributed by atoms with Gasteiger partial charge in [0.15, 0.2) is 0 Å². The van der Waals surface area contributed by atoms with E-state index in [4.69, 9.17) is 21.4 Å². The summed E-state index contributed by atoms with van der Waals surface area (Å²) in [6, 6.07) is 10.3. The maximum absolute atomic E-state index is 6.76. The zero-order valence-corrected chi connectivity index (χ0v) is 20.2. The molecule has 0 N–H and O–H groups in total. The summed E-state index contributed by atoms with van der Waals surface area (Å²) in [5.41, 5.74) is 3.44. The van der Waals surface area contributed by atoms with Crippen LogP contribution in [0.25, 0.3) is 0 Å². The molecule has 4 rings (SSSR count). The molecule has 0 radical (unpaired) electrons. The highest BCUT2D eigenvalue weighted by atomic mass is 32.4. The van der Waals surface area contributed by atoms with E-state index in [1.165, 1.54) is 30.3 Å². The molecule has 1 aliphatic carbocycles. The van der Waals surface area contributed by atoms with Crippen LogP contribution in [0.15, 0.2) is 46.4 Å². The summed E-state index contributed by atoms with van der Waals surface area (Å²) < 4.78 is 8.82. The molecule has 0 amide bonds. The Morgan fingerprint density at radius 1 is 1.03 bits per heavy atom. The van der Waals surface area contributed by atoms with Crippen LogP contribution in [-0.2, 0) is 16.3 Å². The Labute approximate surface area is 181 Å². The Hall–Kier alpha value is -1.16. The Balaban J connectivity index is 1.90. The number of hydrogen-bond donors (Lipinski definition) is 0. The van der Waals surface area contributed by atoms with Gasteiger partial charge in [0, 0.05) is 18.8 Å². The second kappa shape index (κ2) is 7.51. The summed E-state index contributed by atoms with van der Waals surface area (Å²) in [7, 11) is 0. The van der Waals surface area contributed by atoms with Crippen molar-refractivity contribution in [3.05, 3.63) is 41.3 Å². The summed E-state index contributed by atoms with van der Waals surface area (Å²) in [5, 5.41) is 6.39. The lowest BCUT2D eigenvalue weighted by atomic mass is 9.78. The quantitative estimate of drug-likeness (QED) is 0.510. The number of nitrogens with zero attached hydrogens (tertiary/aromatic N) is 3. The van der Waals surface area contributed by atoms with Crippen LogP contribution in [0.4, 0.5) is 5.69 Å². The Morgan fingerprint density at radius 3 is 2.31 bits per heavy atom.